The zero-order valence-corrected chi connectivity index (χ0v) is 11.1. The van der Waals surface area contributed by atoms with Gasteiger partial charge in [-0.15, -0.1) is 0 Å². The smallest absolute Gasteiger partial charge is 0.223 e. The molecule has 0 spiro atoms. The van der Waals surface area contributed by atoms with E-state index in [1.165, 1.54) is 0 Å². The lowest BCUT2D eigenvalue weighted by atomic mass is 10.1. The second-order valence-electron chi connectivity index (χ2n) is 5.28. The molecule has 1 aromatic rings. The zero-order valence-electron chi connectivity index (χ0n) is 11.1. The minimum absolute atomic E-state index is 0.211. The molecular weight excluding hydrogens is 228 g/mol. The second kappa shape index (κ2) is 5.48. The fourth-order valence-corrected chi connectivity index (χ4v) is 2.19. The normalized spacial score (nSPS) is 18.7. The summed E-state index contributed by atoms with van der Waals surface area (Å²) in [7, 11) is 0. The summed E-state index contributed by atoms with van der Waals surface area (Å²) < 4.78 is 5.61. The van der Waals surface area contributed by atoms with Gasteiger partial charge in [0, 0.05) is 31.9 Å². The molecule has 0 bridgehead atoms. The maximum atomic E-state index is 12.1. The van der Waals surface area contributed by atoms with Crippen LogP contribution in [0.25, 0.3) is 0 Å². The van der Waals surface area contributed by atoms with Gasteiger partial charge in [0.25, 0.3) is 0 Å². The maximum Gasteiger partial charge on any atom is 0.223 e. The van der Waals surface area contributed by atoms with E-state index < -0.39 is 0 Å². The average molecular weight is 248 g/mol. The van der Waals surface area contributed by atoms with E-state index in [9.17, 15) is 4.79 Å². The van der Waals surface area contributed by atoms with E-state index in [0.717, 1.165) is 12.0 Å². The van der Waals surface area contributed by atoms with Crippen molar-refractivity contribution < 1.29 is 9.53 Å². The molecule has 18 heavy (non-hydrogen) atoms. The third-order valence-electron chi connectivity index (χ3n) is 3.16. The molecule has 0 unspecified atom stereocenters. The van der Waals surface area contributed by atoms with Crippen molar-refractivity contribution in [3.8, 4) is 0 Å². The lowest BCUT2D eigenvalue weighted by Crippen LogP contribution is -2.50. The molecule has 2 heterocycles. The predicted molar refractivity (Wildman–Crippen MR) is 69.2 cm³/mol. The highest BCUT2D eigenvalue weighted by atomic mass is 16.5. The minimum atomic E-state index is -0.218. The van der Waals surface area contributed by atoms with Crippen LogP contribution >= 0.6 is 0 Å². The number of aryl methyl sites for hydroxylation is 1. The first kappa shape index (κ1) is 13.0. The molecule has 0 aromatic carbocycles. The predicted octanol–water partition coefficient (Wildman–Crippen LogP) is 1.65. The first-order valence-corrected chi connectivity index (χ1v) is 6.37. The number of amides is 1. The summed E-state index contributed by atoms with van der Waals surface area (Å²) in [6.07, 6.45) is 4.86. The summed E-state index contributed by atoms with van der Waals surface area (Å²) in [5.41, 5.74) is 0.941. The third-order valence-corrected chi connectivity index (χ3v) is 3.16. The Kier molecular flexibility index (Phi) is 3.97. The SMILES string of the molecule is CC1(C)CN(C(=O)CCc2ccncc2)CCO1. The molecule has 1 aromatic heterocycles. The van der Waals surface area contributed by atoms with Gasteiger partial charge in [-0.3, -0.25) is 9.78 Å². The first-order chi connectivity index (χ1) is 8.57. The number of nitrogens with zero attached hydrogens (tertiary/aromatic N) is 2. The number of ether oxygens (including phenoxy) is 1. The Hall–Kier alpha value is -1.42. The summed E-state index contributed by atoms with van der Waals surface area (Å²) in [6, 6.07) is 3.91. The van der Waals surface area contributed by atoms with Gasteiger partial charge in [-0.1, -0.05) is 0 Å². The quantitative estimate of drug-likeness (QED) is 0.817. The number of pyridine rings is 1. The highest BCUT2D eigenvalue weighted by Gasteiger charge is 2.29. The number of hydrogen-bond acceptors (Lipinski definition) is 3. The van der Waals surface area contributed by atoms with Gasteiger partial charge in [0.2, 0.25) is 5.91 Å². The molecule has 1 fully saturated rings. The van der Waals surface area contributed by atoms with Gasteiger partial charge in [0.05, 0.1) is 12.2 Å². The molecular formula is C14H20N2O2. The van der Waals surface area contributed by atoms with E-state index in [1.54, 1.807) is 12.4 Å². The largest absolute Gasteiger partial charge is 0.372 e. The van der Waals surface area contributed by atoms with Crippen molar-refractivity contribution in [1.29, 1.82) is 0 Å². The van der Waals surface area contributed by atoms with Crippen molar-refractivity contribution in [2.24, 2.45) is 0 Å². The average Bonchev–Trinajstić information content (AvgIpc) is 2.36. The van der Waals surface area contributed by atoms with E-state index >= 15 is 0 Å². The lowest BCUT2D eigenvalue weighted by molar-refractivity contribution is -0.145. The van der Waals surface area contributed by atoms with Crippen molar-refractivity contribution in [1.82, 2.24) is 9.88 Å². The summed E-state index contributed by atoms with van der Waals surface area (Å²) >= 11 is 0. The highest BCUT2D eigenvalue weighted by molar-refractivity contribution is 5.76. The molecule has 1 amide bonds. The van der Waals surface area contributed by atoms with Crippen LogP contribution in [0.5, 0.6) is 0 Å². The number of morpholine rings is 1. The molecule has 1 aliphatic rings. The Morgan fingerprint density at radius 1 is 1.44 bits per heavy atom. The van der Waals surface area contributed by atoms with E-state index in [-0.39, 0.29) is 11.5 Å². The van der Waals surface area contributed by atoms with E-state index in [4.69, 9.17) is 4.74 Å². The van der Waals surface area contributed by atoms with Crippen LogP contribution in [0.2, 0.25) is 0 Å². The van der Waals surface area contributed by atoms with Crippen LogP contribution in [-0.2, 0) is 16.0 Å². The van der Waals surface area contributed by atoms with Gasteiger partial charge in [-0.25, -0.2) is 0 Å². The van der Waals surface area contributed by atoms with E-state index in [0.29, 0.717) is 26.1 Å². The number of hydrogen-bond donors (Lipinski definition) is 0. The molecule has 0 radical (unpaired) electrons. The maximum absolute atomic E-state index is 12.1. The van der Waals surface area contributed by atoms with Crippen LogP contribution in [0, 0.1) is 0 Å². The van der Waals surface area contributed by atoms with Crippen molar-refractivity contribution in [3.63, 3.8) is 0 Å². The summed E-state index contributed by atoms with van der Waals surface area (Å²) in [5, 5.41) is 0. The monoisotopic (exact) mass is 248 g/mol. The molecule has 0 saturated carbocycles. The van der Waals surface area contributed by atoms with Gasteiger partial charge in [0.15, 0.2) is 0 Å². The first-order valence-electron chi connectivity index (χ1n) is 6.37. The minimum Gasteiger partial charge on any atom is -0.372 e. The number of rotatable bonds is 3. The summed E-state index contributed by atoms with van der Waals surface area (Å²) in [5.74, 6) is 0.211. The van der Waals surface area contributed by atoms with Crippen LogP contribution in [0.15, 0.2) is 24.5 Å². The van der Waals surface area contributed by atoms with E-state index in [2.05, 4.69) is 4.98 Å². The Morgan fingerprint density at radius 3 is 2.83 bits per heavy atom. The van der Waals surface area contributed by atoms with E-state index in [1.807, 2.05) is 30.9 Å². The second-order valence-corrected chi connectivity index (χ2v) is 5.28. The van der Waals surface area contributed by atoms with Crippen LogP contribution in [-0.4, -0.2) is 41.1 Å². The molecule has 98 valence electrons. The van der Waals surface area contributed by atoms with Gasteiger partial charge in [-0.05, 0) is 38.0 Å². The molecule has 2 rings (SSSR count). The highest BCUT2D eigenvalue weighted by Crippen LogP contribution is 2.17. The standard InChI is InChI=1S/C14H20N2O2/c1-14(2)11-16(9-10-18-14)13(17)4-3-12-5-7-15-8-6-12/h5-8H,3-4,9-11H2,1-2H3. The molecule has 0 N–H and O–H groups in total. The molecule has 1 saturated heterocycles. The number of aromatic nitrogens is 1. The van der Waals surface area contributed by atoms with Gasteiger partial charge < -0.3 is 9.64 Å². The van der Waals surface area contributed by atoms with Crippen LogP contribution < -0.4 is 0 Å². The van der Waals surface area contributed by atoms with Gasteiger partial charge in [-0.2, -0.15) is 0 Å². The molecule has 0 atom stereocenters. The van der Waals surface area contributed by atoms with Crippen molar-refractivity contribution >= 4 is 5.91 Å². The Bertz CT molecular complexity index is 404. The van der Waals surface area contributed by atoms with Crippen molar-refractivity contribution in [2.75, 3.05) is 19.7 Å². The molecule has 0 aliphatic carbocycles. The fraction of sp³-hybridized carbons (Fsp3) is 0.571. The molecule has 4 nitrogen and oxygen atoms in total. The molecule has 1 aliphatic heterocycles. The van der Waals surface area contributed by atoms with Gasteiger partial charge in [0.1, 0.15) is 0 Å². The molecule has 4 heteroatoms. The van der Waals surface area contributed by atoms with Crippen LogP contribution in [0.3, 0.4) is 0 Å². The number of carbonyl (C=O) groups excluding carboxylic acids is 1. The Morgan fingerprint density at radius 2 is 2.17 bits per heavy atom. The fourth-order valence-electron chi connectivity index (χ4n) is 2.19. The number of carbonyl (C=O) groups is 1. The zero-order chi connectivity index (χ0) is 13.0. The van der Waals surface area contributed by atoms with Crippen LogP contribution in [0.1, 0.15) is 25.8 Å². The third kappa shape index (κ3) is 3.53. The van der Waals surface area contributed by atoms with Gasteiger partial charge >= 0.3 is 0 Å². The summed E-state index contributed by atoms with van der Waals surface area (Å²) in [6.45, 7) is 6.07. The lowest BCUT2D eigenvalue weighted by Gasteiger charge is -2.38. The Labute approximate surface area is 108 Å². The van der Waals surface area contributed by atoms with Crippen LogP contribution in [0.4, 0.5) is 0 Å². The Balaban J connectivity index is 1.85. The summed E-state index contributed by atoms with van der Waals surface area (Å²) in [4.78, 5) is 18.0. The topological polar surface area (TPSA) is 42.4 Å². The van der Waals surface area contributed by atoms with Crippen molar-refractivity contribution in [3.05, 3.63) is 30.1 Å². The van der Waals surface area contributed by atoms with Crippen molar-refractivity contribution in [2.45, 2.75) is 32.3 Å².